The van der Waals surface area contributed by atoms with Crippen LogP contribution in [0.4, 0.5) is 5.69 Å². The minimum atomic E-state index is 0.961. The summed E-state index contributed by atoms with van der Waals surface area (Å²) in [6, 6.07) is 31.9. The van der Waals surface area contributed by atoms with Crippen LogP contribution in [0, 0.1) is 0 Å². The molecule has 0 unspecified atom stereocenters. The zero-order chi connectivity index (χ0) is 19.1. The molecular weight excluding hydrogens is 342 g/mol. The van der Waals surface area contributed by atoms with Crippen LogP contribution in [0.2, 0.25) is 0 Å². The SMILES string of the molecule is CN(C)c1ccc(-c2nc3ccccc3n2-c2cccc3ccccc23)cc1. The molecule has 3 nitrogen and oxygen atoms in total. The molecule has 28 heavy (non-hydrogen) atoms. The van der Waals surface area contributed by atoms with Crippen molar-refractivity contribution in [3.8, 4) is 17.1 Å². The Morgan fingerprint density at radius 3 is 2.25 bits per heavy atom. The minimum Gasteiger partial charge on any atom is -0.378 e. The van der Waals surface area contributed by atoms with E-state index in [0.717, 1.165) is 28.1 Å². The summed E-state index contributed by atoms with van der Waals surface area (Å²) in [7, 11) is 4.11. The van der Waals surface area contributed by atoms with Gasteiger partial charge in [-0.25, -0.2) is 4.98 Å². The summed E-state index contributed by atoms with van der Waals surface area (Å²) in [6.07, 6.45) is 0. The van der Waals surface area contributed by atoms with Gasteiger partial charge in [0.15, 0.2) is 0 Å². The van der Waals surface area contributed by atoms with Crippen molar-refractivity contribution in [2.45, 2.75) is 0 Å². The van der Waals surface area contributed by atoms with Crippen molar-refractivity contribution < 1.29 is 0 Å². The lowest BCUT2D eigenvalue weighted by Crippen LogP contribution is -2.08. The first-order valence-corrected chi connectivity index (χ1v) is 9.46. The molecule has 4 aromatic carbocycles. The normalized spacial score (nSPS) is 11.2. The predicted octanol–water partition coefficient (Wildman–Crippen LogP) is 5.91. The average Bonchev–Trinajstić information content (AvgIpc) is 3.13. The number of hydrogen-bond acceptors (Lipinski definition) is 2. The van der Waals surface area contributed by atoms with Crippen LogP contribution in [0.3, 0.4) is 0 Å². The first-order valence-electron chi connectivity index (χ1n) is 9.46. The molecule has 0 aliphatic heterocycles. The highest BCUT2D eigenvalue weighted by Gasteiger charge is 2.15. The highest BCUT2D eigenvalue weighted by atomic mass is 15.1. The second kappa shape index (κ2) is 6.54. The quantitative estimate of drug-likeness (QED) is 0.397. The molecular formula is C25H21N3. The van der Waals surface area contributed by atoms with Crippen molar-refractivity contribution in [1.82, 2.24) is 9.55 Å². The summed E-state index contributed by atoms with van der Waals surface area (Å²) in [6.45, 7) is 0. The summed E-state index contributed by atoms with van der Waals surface area (Å²) in [5.41, 5.74) is 5.55. The molecule has 136 valence electrons. The molecule has 0 aliphatic rings. The Morgan fingerprint density at radius 1 is 0.714 bits per heavy atom. The number of rotatable bonds is 3. The fraction of sp³-hybridized carbons (Fsp3) is 0.0800. The number of fused-ring (bicyclic) bond motifs is 2. The van der Waals surface area contributed by atoms with Gasteiger partial charge in [-0.15, -0.1) is 0 Å². The summed E-state index contributed by atoms with van der Waals surface area (Å²) < 4.78 is 2.28. The Labute approximate surface area is 164 Å². The minimum absolute atomic E-state index is 0.961. The van der Waals surface area contributed by atoms with Gasteiger partial charge < -0.3 is 4.90 Å². The highest BCUT2D eigenvalue weighted by molar-refractivity contribution is 5.94. The molecule has 0 radical (unpaired) electrons. The van der Waals surface area contributed by atoms with E-state index in [1.54, 1.807) is 0 Å². The molecule has 5 aromatic rings. The Kier molecular flexibility index (Phi) is 3.87. The van der Waals surface area contributed by atoms with Crippen LogP contribution in [-0.2, 0) is 0 Å². The summed E-state index contributed by atoms with van der Waals surface area (Å²) in [5, 5.41) is 2.45. The third-order valence-electron chi connectivity index (χ3n) is 5.21. The molecule has 0 aliphatic carbocycles. The van der Waals surface area contributed by atoms with E-state index >= 15 is 0 Å². The van der Waals surface area contributed by atoms with Crippen molar-refractivity contribution in [3.63, 3.8) is 0 Å². The van der Waals surface area contributed by atoms with Crippen LogP contribution < -0.4 is 4.90 Å². The topological polar surface area (TPSA) is 21.1 Å². The van der Waals surface area contributed by atoms with Gasteiger partial charge in [-0.2, -0.15) is 0 Å². The van der Waals surface area contributed by atoms with E-state index in [2.05, 4.69) is 108 Å². The van der Waals surface area contributed by atoms with Crippen molar-refractivity contribution in [3.05, 3.63) is 91.0 Å². The molecule has 0 bridgehead atoms. The fourth-order valence-electron chi connectivity index (χ4n) is 3.78. The Hall–Kier alpha value is -3.59. The van der Waals surface area contributed by atoms with E-state index in [1.165, 1.54) is 16.5 Å². The fourth-order valence-corrected chi connectivity index (χ4v) is 3.78. The number of imidazole rings is 1. The third-order valence-corrected chi connectivity index (χ3v) is 5.21. The number of benzene rings is 4. The largest absolute Gasteiger partial charge is 0.378 e. The first kappa shape index (κ1) is 16.6. The molecule has 0 saturated heterocycles. The predicted molar refractivity (Wildman–Crippen MR) is 118 cm³/mol. The van der Waals surface area contributed by atoms with E-state index < -0.39 is 0 Å². The molecule has 1 aromatic heterocycles. The second-order valence-electron chi connectivity index (χ2n) is 7.20. The molecule has 0 N–H and O–H groups in total. The van der Waals surface area contributed by atoms with E-state index in [4.69, 9.17) is 4.98 Å². The Balaban J connectivity index is 1.82. The lowest BCUT2D eigenvalue weighted by atomic mass is 10.1. The van der Waals surface area contributed by atoms with Gasteiger partial charge >= 0.3 is 0 Å². The molecule has 0 saturated carbocycles. The second-order valence-corrected chi connectivity index (χ2v) is 7.20. The maximum atomic E-state index is 4.99. The van der Waals surface area contributed by atoms with Crippen LogP contribution in [0.25, 0.3) is 38.9 Å². The highest BCUT2D eigenvalue weighted by Crippen LogP contribution is 2.32. The van der Waals surface area contributed by atoms with E-state index in [0.29, 0.717) is 0 Å². The van der Waals surface area contributed by atoms with Crippen LogP contribution in [-0.4, -0.2) is 23.6 Å². The monoisotopic (exact) mass is 363 g/mol. The van der Waals surface area contributed by atoms with E-state index in [-0.39, 0.29) is 0 Å². The maximum Gasteiger partial charge on any atom is 0.145 e. The number of anilines is 1. The number of aromatic nitrogens is 2. The summed E-state index contributed by atoms with van der Waals surface area (Å²) in [5.74, 6) is 0.961. The first-order chi connectivity index (χ1) is 13.7. The van der Waals surface area contributed by atoms with Gasteiger partial charge in [0.1, 0.15) is 5.82 Å². The molecule has 0 spiro atoms. The zero-order valence-corrected chi connectivity index (χ0v) is 16.0. The third kappa shape index (κ3) is 2.64. The van der Waals surface area contributed by atoms with Gasteiger partial charge in [0.2, 0.25) is 0 Å². The van der Waals surface area contributed by atoms with Gasteiger partial charge in [-0.05, 0) is 47.9 Å². The summed E-state index contributed by atoms with van der Waals surface area (Å²) >= 11 is 0. The van der Waals surface area contributed by atoms with Crippen molar-refractivity contribution >= 4 is 27.5 Å². The Bertz CT molecular complexity index is 1280. The molecule has 0 fully saturated rings. The van der Waals surface area contributed by atoms with Gasteiger partial charge in [0.05, 0.1) is 16.7 Å². The van der Waals surface area contributed by atoms with Crippen molar-refractivity contribution in [2.24, 2.45) is 0 Å². The Morgan fingerprint density at radius 2 is 1.43 bits per heavy atom. The molecule has 3 heteroatoms. The van der Waals surface area contributed by atoms with Gasteiger partial charge in [0.25, 0.3) is 0 Å². The van der Waals surface area contributed by atoms with Gasteiger partial charge in [-0.3, -0.25) is 4.57 Å². The van der Waals surface area contributed by atoms with Gasteiger partial charge in [-0.1, -0.05) is 48.5 Å². The standard InChI is InChI=1S/C25H21N3/c1-27(2)20-16-14-19(15-17-20)25-26-22-11-5-6-12-24(22)28(25)23-13-7-9-18-8-3-4-10-21(18)23/h3-17H,1-2H3. The number of hydrogen-bond donors (Lipinski definition) is 0. The number of nitrogens with zero attached hydrogens (tertiary/aromatic N) is 3. The molecule has 1 heterocycles. The lowest BCUT2D eigenvalue weighted by molar-refractivity contribution is 1.11. The van der Waals surface area contributed by atoms with Crippen LogP contribution >= 0.6 is 0 Å². The maximum absolute atomic E-state index is 4.99. The van der Waals surface area contributed by atoms with E-state index in [9.17, 15) is 0 Å². The van der Waals surface area contributed by atoms with Crippen LogP contribution in [0.1, 0.15) is 0 Å². The van der Waals surface area contributed by atoms with Crippen LogP contribution in [0.15, 0.2) is 91.0 Å². The number of para-hydroxylation sites is 2. The molecule has 0 amide bonds. The molecule has 5 rings (SSSR count). The van der Waals surface area contributed by atoms with Crippen molar-refractivity contribution in [2.75, 3.05) is 19.0 Å². The van der Waals surface area contributed by atoms with Crippen molar-refractivity contribution in [1.29, 1.82) is 0 Å². The molecule has 0 atom stereocenters. The average molecular weight is 363 g/mol. The van der Waals surface area contributed by atoms with Crippen LogP contribution in [0.5, 0.6) is 0 Å². The van der Waals surface area contributed by atoms with Gasteiger partial charge in [0, 0.05) is 30.7 Å². The van der Waals surface area contributed by atoms with E-state index in [1.807, 2.05) is 6.07 Å². The zero-order valence-electron chi connectivity index (χ0n) is 16.0. The lowest BCUT2D eigenvalue weighted by Gasteiger charge is -2.15. The smallest absolute Gasteiger partial charge is 0.145 e. The summed E-state index contributed by atoms with van der Waals surface area (Å²) in [4.78, 5) is 7.10.